The molecule has 3 heterocycles. The van der Waals surface area contributed by atoms with E-state index in [2.05, 4.69) is 23.8 Å². The van der Waals surface area contributed by atoms with Gasteiger partial charge in [0.05, 0.1) is 18.8 Å². The van der Waals surface area contributed by atoms with E-state index in [9.17, 15) is 9.18 Å². The quantitative estimate of drug-likeness (QED) is 0.634. The lowest BCUT2D eigenvalue weighted by molar-refractivity contribution is 0.0528. The minimum Gasteiger partial charge on any atom is -0.462 e. The van der Waals surface area contributed by atoms with Crippen LogP contribution in [0.1, 0.15) is 55.6 Å². The minimum atomic E-state index is -0.440. The molecule has 7 heteroatoms. The lowest BCUT2D eigenvalue weighted by atomic mass is 10.0. The van der Waals surface area contributed by atoms with E-state index >= 15 is 0 Å². The van der Waals surface area contributed by atoms with Crippen molar-refractivity contribution >= 4 is 17.4 Å². The largest absolute Gasteiger partial charge is 0.462 e. The predicted molar refractivity (Wildman–Crippen MR) is 104 cm³/mol. The number of hydrogen-bond donors (Lipinski definition) is 0. The Labute approximate surface area is 162 Å². The average Bonchev–Trinajstić information content (AvgIpc) is 3.21. The Morgan fingerprint density at radius 1 is 1.36 bits per heavy atom. The molecule has 2 aromatic heterocycles. The Hall–Kier alpha value is -2.96. The molecule has 146 valence electrons. The van der Waals surface area contributed by atoms with Gasteiger partial charge in [-0.15, -0.1) is 0 Å². The Balaban J connectivity index is 1.79. The van der Waals surface area contributed by atoms with Gasteiger partial charge in [0.1, 0.15) is 17.2 Å². The summed E-state index contributed by atoms with van der Waals surface area (Å²) in [6, 6.07) is 8.62. The highest BCUT2D eigenvalue weighted by molar-refractivity contribution is 5.95. The van der Waals surface area contributed by atoms with Crippen molar-refractivity contribution in [1.82, 2.24) is 14.6 Å². The number of rotatable bonds is 4. The molecule has 1 saturated heterocycles. The third-order valence-electron chi connectivity index (χ3n) is 5.32. The normalized spacial score (nSPS) is 18.6. The van der Waals surface area contributed by atoms with Crippen LogP contribution < -0.4 is 4.90 Å². The van der Waals surface area contributed by atoms with Crippen LogP contribution in [0, 0.1) is 5.82 Å². The molecule has 3 aromatic rings. The van der Waals surface area contributed by atoms with Crippen molar-refractivity contribution in [2.24, 2.45) is 0 Å². The Kier molecular flexibility index (Phi) is 4.53. The second kappa shape index (κ2) is 6.89. The molecule has 4 rings (SSSR count). The molecule has 1 atom stereocenters. The summed E-state index contributed by atoms with van der Waals surface area (Å²) in [5.41, 5.74) is 1.55. The zero-order valence-corrected chi connectivity index (χ0v) is 16.2. The zero-order chi connectivity index (χ0) is 19.9. The second-order valence-electron chi connectivity index (χ2n) is 7.62. The van der Waals surface area contributed by atoms with Gasteiger partial charge >= 0.3 is 5.97 Å². The minimum absolute atomic E-state index is 0.00890. The van der Waals surface area contributed by atoms with Crippen LogP contribution in [0.3, 0.4) is 0 Å². The predicted octanol–water partition coefficient (Wildman–Crippen LogP) is 4.17. The molecule has 0 bridgehead atoms. The first-order chi connectivity index (χ1) is 13.4. The lowest BCUT2D eigenvalue weighted by Crippen LogP contribution is -2.40. The van der Waals surface area contributed by atoms with Crippen LogP contribution in [0.4, 0.5) is 10.2 Å². The number of benzene rings is 1. The number of ether oxygens (including phenoxy) is 1. The first kappa shape index (κ1) is 18.4. The van der Waals surface area contributed by atoms with Crippen molar-refractivity contribution in [2.45, 2.75) is 45.2 Å². The number of hydrogen-bond acceptors (Lipinski definition) is 5. The number of halogens is 1. The maximum atomic E-state index is 13.8. The number of anilines is 1. The summed E-state index contributed by atoms with van der Waals surface area (Å²) in [6.45, 7) is 6.36. The maximum Gasteiger partial charge on any atom is 0.343 e. The summed E-state index contributed by atoms with van der Waals surface area (Å²) in [7, 11) is 0. The molecular weight excluding hydrogens is 359 g/mol. The molecule has 0 radical (unpaired) electrons. The molecular formula is C21H23FN4O2. The van der Waals surface area contributed by atoms with Gasteiger partial charge < -0.3 is 9.64 Å². The number of fused-ring (bicyclic) bond motifs is 1. The van der Waals surface area contributed by atoms with Gasteiger partial charge in [-0.05, 0) is 57.4 Å². The van der Waals surface area contributed by atoms with E-state index in [-0.39, 0.29) is 24.0 Å². The van der Waals surface area contributed by atoms with Crippen LogP contribution in [0.25, 0.3) is 5.65 Å². The number of aromatic nitrogens is 3. The fourth-order valence-electron chi connectivity index (χ4n) is 4.01. The molecule has 6 nitrogen and oxygen atoms in total. The Bertz CT molecular complexity index is 1030. The van der Waals surface area contributed by atoms with E-state index in [4.69, 9.17) is 9.72 Å². The number of nitrogens with zero attached hydrogens (tertiary/aromatic N) is 4. The van der Waals surface area contributed by atoms with E-state index in [1.807, 2.05) is 12.1 Å². The highest BCUT2D eigenvalue weighted by Gasteiger charge is 2.41. The molecule has 0 spiro atoms. The van der Waals surface area contributed by atoms with Crippen molar-refractivity contribution in [1.29, 1.82) is 0 Å². The van der Waals surface area contributed by atoms with Gasteiger partial charge in [0.15, 0.2) is 5.65 Å². The molecule has 0 saturated carbocycles. The fourth-order valence-corrected chi connectivity index (χ4v) is 4.01. The van der Waals surface area contributed by atoms with E-state index in [0.29, 0.717) is 11.2 Å². The molecule has 0 amide bonds. The van der Waals surface area contributed by atoms with E-state index in [0.717, 1.165) is 24.2 Å². The van der Waals surface area contributed by atoms with Gasteiger partial charge in [0.2, 0.25) is 0 Å². The Morgan fingerprint density at radius 2 is 2.18 bits per heavy atom. The molecule has 1 aliphatic heterocycles. The van der Waals surface area contributed by atoms with Crippen molar-refractivity contribution in [2.75, 3.05) is 11.5 Å². The number of esters is 1. The van der Waals surface area contributed by atoms with Crippen LogP contribution in [0.5, 0.6) is 0 Å². The van der Waals surface area contributed by atoms with E-state index in [1.54, 1.807) is 29.8 Å². The average molecular weight is 382 g/mol. The fraction of sp³-hybridized carbons (Fsp3) is 0.381. The summed E-state index contributed by atoms with van der Waals surface area (Å²) < 4.78 is 20.5. The standard InChI is InChI=1S/C21H23FN4O2/c1-4-28-20(27)16-13-23-25-11-9-18(24-19(16)25)26-17(8-10-21(26,2)3)14-6-5-7-15(22)12-14/h5-7,9,11-13,17H,4,8,10H2,1-3H3. The van der Waals surface area contributed by atoms with Crippen molar-refractivity contribution in [3.63, 3.8) is 0 Å². The van der Waals surface area contributed by atoms with Crippen molar-refractivity contribution in [3.05, 3.63) is 59.7 Å². The molecule has 1 fully saturated rings. The highest BCUT2D eigenvalue weighted by Crippen LogP contribution is 2.45. The van der Waals surface area contributed by atoms with E-state index < -0.39 is 5.97 Å². The third-order valence-corrected chi connectivity index (χ3v) is 5.32. The van der Waals surface area contributed by atoms with Crippen molar-refractivity contribution in [3.8, 4) is 0 Å². The van der Waals surface area contributed by atoms with Crippen molar-refractivity contribution < 1.29 is 13.9 Å². The first-order valence-electron chi connectivity index (χ1n) is 9.47. The summed E-state index contributed by atoms with van der Waals surface area (Å²) in [5.74, 6) is 0.0470. The second-order valence-corrected chi connectivity index (χ2v) is 7.62. The van der Waals surface area contributed by atoms with Gasteiger partial charge in [-0.2, -0.15) is 5.10 Å². The summed E-state index contributed by atoms with van der Waals surface area (Å²) in [6.07, 6.45) is 5.11. The first-order valence-corrected chi connectivity index (χ1v) is 9.47. The van der Waals surface area contributed by atoms with Gasteiger partial charge in [-0.3, -0.25) is 0 Å². The molecule has 0 aliphatic carbocycles. The highest BCUT2D eigenvalue weighted by atomic mass is 19.1. The van der Waals surface area contributed by atoms with Gasteiger partial charge in [-0.1, -0.05) is 12.1 Å². The van der Waals surface area contributed by atoms with Gasteiger partial charge in [0.25, 0.3) is 0 Å². The molecule has 0 N–H and O–H groups in total. The van der Waals surface area contributed by atoms with Crippen LogP contribution in [-0.4, -0.2) is 32.7 Å². The van der Waals surface area contributed by atoms with E-state index in [1.165, 1.54) is 12.3 Å². The third kappa shape index (κ3) is 3.10. The maximum absolute atomic E-state index is 13.8. The lowest BCUT2D eigenvalue weighted by Gasteiger charge is -2.37. The molecule has 1 unspecified atom stereocenters. The van der Waals surface area contributed by atoms with Crippen LogP contribution in [-0.2, 0) is 4.74 Å². The van der Waals surface area contributed by atoms with Crippen LogP contribution in [0.2, 0.25) is 0 Å². The van der Waals surface area contributed by atoms with Crippen LogP contribution in [0.15, 0.2) is 42.7 Å². The Morgan fingerprint density at radius 3 is 2.93 bits per heavy atom. The van der Waals surface area contributed by atoms with Crippen LogP contribution >= 0.6 is 0 Å². The van der Waals surface area contributed by atoms with Gasteiger partial charge in [-0.25, -0.2) is 18.7 Å². The molecule has 28 heavy (non-hydrogen) atoms. The number of carbonyl (C=O) groups is 1. The SMILES string of the molecule is CCOC(=O)c1cnn2ccc(N3C(c4cccc(F)c4)CCC3(C)C)nc12. The summed E-state index contributed by atoms with van der Waals surface area (Å²) in [4.78, 5) is 19.2. The summed E-state index contributed by atoms with van der Waals surface area (Å²) in [5, 5.41) is 4.20. The molecule has 1 aromatic carbocycles. The van der Waals surface area contributed by atoms with Gasteiger partial charge in [0, 0.05) is 11.7 Å². The zero-order valence-electron chi connectivity index (χ0n) is 16.2. The monoisotopic (exact) mass is 382 g/mol. The number of carbonyl (C=O) groups excluding carboxylic acids is 1. The molecule has 1 aliphatic rings. The smallest absolute Gasteiger partial charge is 0.343 e. The topological polar surface area (TPSA) is 59.7 Å². The summed E-state index contributed by atoms with van der Waals surface area (Å²) >= 11 is 0.